The molecular weight excluding hydrogens is 194 g/mol. The van der Waals surface area contributed by atoms with Gasteiger partial charge in [0.05, 0.1) is 5.69 Å². The zero-order valence-electron chi connectivity index (χ0n) is 8.07. The van der Waals surface area contributed by atoms with Crippen LogP contribution in [0.15, 0.2) is 18.2 Å². The second-order valence-electron chi connectivity index (χ2n) is 3.69. The van der Waals surface area contributed by atoms with Crippen LogP contribution in [0.25, 0.3) is 0 Å². The lowest BCUT2D eigenvalue weighted by Crippen LogP contribution is -2.04. The highest BCUT2D eigenvalue weighted by Gasteiger charge is 2.17. The van der Waals surface area contributed by atoms with Gasteiger partial charge in [0.15, 0.2) is 0 Å². The highest BCUT2D eigenvalue weighted by Crippen LogP contribution is 2.32. The van der Waals surface area contributed by atoms with Crippen LogP contribution in [0.4, 0.5) is 5.69 Å². The minimum Gasteiger partial charge on any atom is -0.506 e. The molecule has 14 heavy (non-hydrogen) atoms. The molecule has 1 aliphatic rings. The lowest BCUT2D eigenvalue weighted by molar-refractivity contribution is 0.477. The van der Waals surface area contributed by atoms with Crippen molar-refractivity contribution >= 4 is 17.4 Å². The number of benzene rings is 1. The smallest absolute Gasteiger partial charge is 0.138 e. The molecule has 2 nitrogen and oxygen atoms in total. The highest BCUT2D eigenvalue weighted by atomic mass is 32.2. The molecule has 0 spiro atoms. The molecule has 0 aliphatic carbocycles. The van der Waals surface area contributed by atoms with Crippen molar-refractivity contribution < 1.29 is 5.11 Å². The summed E-state index contributed by atoms with van der Waals surface area (Å²) >= 11 is 2.01. The number of anilines is 1. The average Bonchev–Trinajstić information content (AvgIpc) is 2.66. The molecule has 1 heterocycles. The van der Waals surface area contributed by atoms with Crippen molar-refractivity contribution in [3.05, 3.63) is 23.8 Å². The monoisotopic (exact) mass is 209 g/mol. The number of hydrogen-bond donors (Lipinski definition) is 2. The number of nitrogen functional groups attached to an aromatic ring is 1. The molecule has 1 atom stereocenters. The Labute approximate surface area is 88.5 Å². The molecule has 0 aromatic heterocycles. The SMILES string of the molecule is Nc1c(O)cccc1CC1CCCS1. The van der Waals surface area contributed by atoms with Crippen molar-refractivity contribution in [3.63, 3.8) is 0 Å². The Morgan fingerprint density at radius 3 is 3.07 bits per heavy atom. The predicted octanol–water partition coefficient (Wildman–Crippen LogP) is 2.41. The standard InChI is InChI=1S/C11H15NOS/c12-11-8(3-1-5-10(11)13)7-9-4-2-6-14-9/h1,3,5,9,13H,2,4,6-7,12H2. The van der Waals surface area contributed by atoms with Crippen LogP contribution in [-0.2, 0) is 6.42 Å². The Bertz CT molecular complexity index is 321. The van der Waals surface area contributed by atoms with Crippen molar-refractivity contribution in [1.29, 1.82) is 0 Å². The van der Waals surface area contributed by atoms with Gasteiger partial charge in [-0.25, -0.2) is 0 Å². The minimum absolute atomic E-state index is 0.213. The molecule has 1 unspecified atom stereocenters. The molecule has 76 valence electrons. The van der Waals surface area contributed by atoms with E-state index in [2.05, 4.69) is 0 Å². The van der Waals surface area contributed by atoms with E-state index in [9.17, 15) is 5.11 Å². The molecule has 0 bridgehead atoms. The van der Waals surface area contributed by atoms with Crippen molar-refractivity contribution in [2.45, 2.75) is 24.5 Å². The number of para-hydroxylation sites is 1. The van der Waals surface area contributed by atoms with Crippen molar-refractivity contribution in [3.8, 4) is 5.75 Å². The Kier molecular flexibility index (Phi) is 2.87. The molecule has 2 rings (SSSR count). The molecule has 0 saturated carbocycles. The maximum atomic E-state index is 9.44. The third-order valence-electron chi connectivity index (χ3n) is 2.64. The Morgan fingerprint density at radius 2 is 2.36 bits per heavy atom. The topological polar surface area (TPSA) is 46.2 Å². The van der Waals surface area contributed by atoms with Gasteiger partial charge >= 0.3 is 0 Å². The first-order valence-corrected chi connectivity index (χ1v) is 6.00. The third kappa shape index (κ3) is 1.98. The van der Waals surface area contributed by atoms with Crippen molar-refractivity contribution in [1.82, 2.24) is 0 Å². The number of aromatic hydroxyl groups is 1. The van der Waals surface area contributed by atoms with Crippen LogP contribution in [0.3, 0.4) is 0 Å². The summed E-state index contributed by atoms with van der Waals surface area (Å²) in [7, 11) is 0. The molecule has 1 fully saturated rings. The second-order valence-corrected chi connectivity index (χ2v) is 5.10. The summed E-state index contributed by atoms with van der Waals surface area (Å²) < 4.78 is 0. The fourth-order valence-corrected chi connectivity index (χ4v) is 3.13. The molecule has 1 aromatic carbocycles. The predicted molar refractivity (Wildman–Crippen MR) is 61.7 cm³/mol. The first-order valence-electron chi connectivity index (χ1n) is 4.95. The first-order chi connectivity index (χ1) is 6.77. The lowest BCUT2D eigenvalue weighted by Gasteiger charge is -2.11. The van der Waals surface area contributed by atoms with Crippen molar-refractivity contribution in [2.75, 3.05) is 11.5 Å². The average molecular weight is 209 g/mol. The van der Waals surface area contributed by atoms with Gasteiger partial charge in [0.2, 0.25) is 0 Å². The van der Waals surface area contributed by atoms with Gasteiger partial charge in [0.25, 0.3) is 0 Å². The van der Waals surface area contributed by atoms with Crippen LogP contribution in [0.2, 0.25) is 0 Å². The van der Waals surface area contributed by atoms with Crippen LogP contribution >= 0.6 is 11.8 Å². The summed E-state index contributed by atoms with van der Waals surface area (Å²) in [5, 5.41) is 10.1. The molecule has 3 N–H and O–H groups in total. The number of phenolic OH excluding ortho intramolecular Hbond substituents is 1. The number of nitrogens with two attached hydrogens (primary N) is 1. The summed E-state index contributed by atoms with van der Waals surface area (Å²) in [5.41, 5.74) is 7.44. The summed E-state index contributed by atoms with van der Waals surface area (Å²) in [6.07, 6.45) is 3.58. The number of rotatable bonds is 2. The summed E-state index contributed by atoms with van der Waals surface area (Å²) in [6, 6.07) is 5.51. The van der Waals surface area contributed by atoms with Crippen LogP contribution < -0.4 is 5.73 Å². The fourth-order valence-electron chi connectivity index (χ4n) is 1.83. The highest BCUT2D eigenvalue weighted by molar-refractivity contribution is 8.00. The van der Waals surface area contributed by atoms with Crippen LogP contribution in [0.5, 0.6) is 5.75 Å². The van der Waals surface area contributed by atoms with Crippen LogP contribution in [-0.4, -0.2) is 16.1 Å². The molecule has 3 heteroatoms. The maximum absolute atomic E-state index is 9.44. The summed E-state index contributed by atoms with van der Waals surface area (Å²) in [6.45, 7) is 0. The first kappa shape index (κ1) is 9.71. The van der Waals surface area contributed by atoms with E-state index in [1.807, 2.05) is 23.9 Å². The van der Waals surface area contributed by atoms with Gasteiger partial charge in [-0.15, -0.1) is 0 Å². The van der Waals surface area contributed by atoms with Gasteiger partial charge in [-0.05, 0) is 36.6 Å². The Balaban J connectivity index is 2.11. The molecular formula is C11H15NOS. The molecule has 1 aliphatic heterocycles. The Morgan fingerprint density at radius 1 is 1.50 bits per heavy atom. The van der Waals surface area contributed by atoms with Crippen LogP contribution in [0.1, 0.15) is 18.4 Å². The van der Waals surface area contributed by atoms with Gasteiger partial charge in [-0.1, -0.05) is 12.1 Å². The van der Waals surface area contributed by atoms with E-state index in [-0.39, 0.29) is 5.75 Å². The lowest BCUT2D eigenvalue weighted by atomic mass is 10.0. The normalized spacial score (nSPS) is 21.3. The van der Waals surface area contributed by atoms with Crippen molar-refractivity contribution in [2.24, 2.45) is 0 Å². The van der Waals surface area contributed by atoms with Gasteiger partial charge in [0, 0.05) is 5.25 Å². The third-order valence-corrected chi connectivity index (χ3v) is 4.04. The fraction of sp³-hybridized carbons (Fsp3) is 0.455. The van der Waals surface area contributed by atoms with Gasteiger partial charge < -0.3 is 10.8 Å². The zero-order chi connectivity index (χ0) is 9.97. The summed E-state index contributed by atoms with van der Waals surface area (Å²) in [4.78, 5) is 0. The largest absolute Gasteiger partial charge is 0.506 e. The number of thioether (sulfide) groups is 1. The molecule has 1 aromatic rings. The maximum Gasteiger partial charge on any atom is 0.138 e. The zero-order valence-corrected chi connectivity index (χ0v) is 8.89. The summed E-state index contributed by atoms with van der Waals surface area (Å²) in [5.74, 6) is 1.48. The minimum atomic E-state index is 0.213. The molecule has 1 saturated heterocycles. The van der Waals surface area contributed by atoms with E-state index in [0.29, 0.717) is 10.9 Å². The molecule has 0 amide bonds. The Hall–Kier alpha value is -0.830. The molecule has 0 radical (unpaired) electrons. The quantitative estimate of drug-likeness (QED) is 0.581. The van der Waals surface area contributed by atoms with Gasteiger partial charge in [-0.2, -0.15) is 11.8 Å². The van der Waals surface area contributed by atoms with E-state index < -0.39 is 0 Å². The van der Waals surface area contributed by atoms with Gasteiger partial charge in [-0.3, -0.25) is 0 Å². The van der Waals surface area contributed by atoms with E-state index in [0.717, 1.165) is 12.0 Å². The van der Waals surface area contributed by atoms with Gasteiger partial charge in [0.1, 0.15) is 5.75 Å². The van der Waals surface area contributed by atoms with E-state index in [1.54, 1.807) is 6.07 Å². The van der Waals surface area contributed by atoms with Crippen LogP contribution in [0, 0.1) is 0 Å². The van der Waals surface area contributed by atoms with E-state index in [4.69, 9.17) is 5.73 Å². The van der Waals surface area contributed by atoms with E-state index in [1.165, 1.54) is 18.6 Å². The van der Waals surface area contributed by atoms with E-state index >= 15 is 0 Å². The second kappa shape index (κ2) is 4.13. The number of phenols is 1. The number of hydrogen-bond acceptors (Lipinski definition) is 3.